The molecule has 3 nitrogen and oxygen atoms in total. The molecule has 0 saturated carbocycles. The average molecular weight is 330 g/mol. The first-order valence-corrected chi connectivity index (χ1v) is 6.73. The third-order valence-corrected chi connectivity index (χ3v) is 3.05. The van der Waals surface area contributed by atoms with E-state index in [9.17, 15) is 9.59 Å². The monoisotopic (exact) mass is 329 g/mol. The lowest BCUT2D eigenvalue weighted by Crippen LogP contribution is -2.10. The second kappa shape index (κ2) is 6.30. The molecule has 20 heavy (non-hydrogen) atoms. The Bertz CT molecular complexity index is 648. The highest BCUT2D eigenvalue weighted by molar-refractivity contribution is 9.12. The summed E-state index contributed by atoms with van der Waals surface area (Å²) < 4.78 is 0.252. The largest absolute Gasteiger partial charge is 0.322 e. The number of hydrogen-bond donors (Lipinski definition) is 1. The smallest absolute Gasteiger partial charge is 0.262 e. The molecule has 0 atom stereocenters. The van der Waals surface area contributed by atoms with Crippen LogP contribution in [-0.4, -0.2) is 11.7 Å². The van der Waals surface area contributed by atoms with Crippen LogP contribution in [0.15, 0.2) is 65.7 Å². The second-order valence-corrected chi connectivity index (χ2v) is 5.09. The van der Waals surface area contributed by atoms with Gasteiger partial charge in [0.25, 0.3) is 5.91 Å². The third-order valence-electron chi connectivity index (χ3n) is 2.69. The maximum Gasteiger partial charge on any atom is 0.262 e. The van der Waals surface area contributed by atoms with E-state index in [2.05, 4.69) is 27.8 Å². The van der Waals surface area contributed by atoms with Crippen LogP contribution in [0.4, 0.5) is 5.69 Å². The number of anilines is 1. The van der Waals surface area contributed by atoms with Crippen molar-refractivity contribution in [3.05, 3.63) is 76.8 Å². The predicted molar refractivity (Wildman–Crippen MR) is 83.0 cm³/mol. The van der Waals surface area contributed by atoms with E-state index >= 15 is 0 Å². The van der Waals surface area contributed by atoms with Crippen molar-refractivity contribution in [2.75, 3.05) is 5.32 Å². The number of rotatable bonds is 4. The molecule has 2 rings (SSSR count). The molecule has 0 spiro atoms. The van der Waals surface area contributed by atoms with Crippen molar-refractivity contribution in [2.45, 2.75) is 0 Å². The molecule has 2 aromatic carbocycles. The van der Waals surface area contributed by atoms with Crippen LogP contribution in [0.2, 0.25) is 0 Å². The maximum absolute atomic E-state index is 12.2. The van der Waals surface area contributed by atoms with Gasteiger partial charge in [-0.1, -0.05) is 36.9 Å². The van der Waals surface area contributed by atoms with E-state index in [1.165, 1.54) is 0 Å². The molecule has 100 valence electrons. The lowest BCUT2D eigenvalue weighted by Gasteiger charge is -2.05. The van der Waals surface area contributed by atoms with Crippen molar-refractivity contribution >= 4 is 33.3 Å². The molecule has 2 aromatic rings. The summed E-state index contributed by atoms with van der Waals surface area (Å²) in [6.45, 7) is 3.49. The van der Waals surface area contributed by atoms with Crippen molar-refractivity contribution in [3.63, 3.8) is 0 Å². The number of amides is 1. The highest BCUT2D eigenvalue weighted by atomic mass is 79.9. The molecule has 0 aliphatic heterocycles. The lowest BCUT2D eigenvalue weighted by atomic mass is 10.0. The van der Waals surface area contributed by atoms with Gasteiger partial charge in [-0.2, -0.15) is 0 Å². The van der Waals surface area contributed by atoms with Gasteiger partial charge in [0, 0.05) is 16.8 Å². The zero-order valence-electron chi connectivity index (χ0n) is 10.6. The van der Waals surface area contributed by atoms with E-state index in [1.807, 2.05) is 18.2 Å². The summed E-state index contributed by atoms with van der Waals surface area (Å²) in [6.07, 6.45) is 0. The topological polar surface area (TPSA) is 46.2 Å². The Kier molecular flexibility index (Phi) is 4.48. The molecular weight excluding hydrogens is 318 g/mol. The van der Waals surface area contributed by atoms with Gasteiger partial charge >= 0.3 is 0 Å². The maximum atomic E-state index is 12.2. The van der Waals surface area contributed by atoms with Crippen molar-refractivity contribution in [1.29, 1.82) is 0 Å². The van der Waals surface area contributed by atoms with Crippen LogP contribution in [0.5, 0.6) is 0 Å². The van der Waals surface area contributed by atoms with Crippen LogP contribution < -0.4 is 5.32 Å². The number of nitrogens with one attached hydrogen (secondary N) is 1. The van der Waals surface area contributed by atoms with E-state index in [4.69, 9.17) is 0 Å². The number of carbonyl (C=O) groups excluding carboxylic acids is 2. The second-order valence-electron chi connectivity index (χ2n) is 4.13. The van der Waals surface area contributed by atoms with Gasteiger partial charge in [0.1, 0.15) is 0 Å². The summed E-state index contributed by atoms with van der Waals surface area (Å²) in [5.74, 6) is -0.361. The highest BCUT2D eigenvalue weighted by Crippen LogP contribution is 2.15. The van der Waals surface area contributed by atoms with Crippen LogP contribution in [-0.2, 0) is 4.79 Å². The van der Waals surface area contributed by atoms with E-state index in [0.29, 0.717) is 16.8 Å². The molecule has 4 heteroatoms. The number of hydrogen-bond acceptors (Lipinski definition) is 2. The fraction of sp³-hybridized carbons (Fsp3) is 0. The van der Waals surface area contributed by atoms with E-state index in [1.54, 1.807) is 36.4 Å². The lowest BCUT2D eigenvalue weighted by molar-refractivity contribution is -0.112. The molecular formula is C16H12BrNO2. The summed E-state index contributed by atoms with van der Waals surface area (Å²) in [6, 6.07) is 15.8. The fourth-order valence-electron chi connectivity index (χ4n) is 1.66. The van der Waals surface area contributed by atoms with Gasteiger partial charge in [0.2, 0.25) is 0 Å². The number of benzene rings is 2. The Balaban J connectivity index is 2.14. The van der Waals surface area contributed by atoms with Gasteiger partial charge in [-0.05, 0) is 40.2 Å². The average Bonchev–Trinajstić information content (AvgIpc) is 2.48. The van der Waals surface area contributed by atoms with Crippen molar-refractivity contribution in [1.82, 2.24) is 0 Å². The molecule has 0 unspecified atom stereocenters. The highest BCUT2D eigenvalue weighted by Gasteiger charge is 2.09. The molecule has 0 aliphatic rings. The summed E-state index contributed by atoms with van der Waals surface area (Å²) in [7, 11) is 0. The Morgan fingerprint density at radius 2 is 1.45 bits per heavy atom. The Morgan fingerprint density at radius 3 is 2.00 bits per heavy atom. The molecule has 0 bridgehead atoms. The van der Waals surface area contributed by atoms with E-state index in [-0.39, 0.29) is 16.2 Å². The Morgan fingerprint density at radius 1 is 0.900 bits per heavy atom. The summed E-state index contributed by atoms with van der Waals surface area (Å²) in [5, 5.41) is 2.65. The van der Waals surface area contributed by atoms with Crippen LogP contribution in [0.3, 0.4) is 0 Å². The molecule has 1 N–H and O–H groups in total. The third kappa shape index (κ3) is 3.42. The minimum Gasteiger partial charge on any atom is -0.322 e. The predicted octanol–water partition coefficient (Wildman–Crippen LogP) is 3.76. The normalized spacial score (nSPS) is 9.85. The summed E-state index contributed by atoms with van der Waals surface area (Å²) >= 11 is 3.00. The number of carbonyl (C=O) groups is 2. The van der Waals surface area contributed by atoms with Crippen molar-refractivity contribution < 1.29 is 9.59 Å². The zero-order chi connectivity index (χ0) is 14.5. The minimum absolute atomic E-state index is 0.0478. The van der Waals surface area contributed by atoms with E-state index in [0.717, 1.165) is 0 Å². The molecule has 0 heterocycles. The standard InChI is InChI=1S/C16H12BrNO2/c1-11(17)16(20)18-14-9-7-13(8-10-14)15(19)12-5-3-2-4-6-12/h2-10H,1H2,(H,18,20). The molecule has 0 aromatic heterocycles. The molecule has 1 amide bonds. The first-order valence-electron chi connectivity index (χ1n) is 5.93. The summed E-state index contributed by atoms with van der Waals surface area (Å²) in [5.41, 5.74) is 1.82. The van der Waals surface area contributed by atoms with Crippen LogP contribution in [0.25, 0.3) is 0 Å². The van der Waals surface area contributed by atoms with Gasteiger partial charge in [-0.25, -0.2) is 0 Å². The first kappa shape index (κ1) is 14.2. The fourth-order valence-corrected chi connectivity index (χ4v) is 1.76. The first-order chi connectivity index (χ1) is 9.58. The van der Waals surface area contributed by atoms with Gasteiger partial charge < -0.3 is 5.32 Å². The van der Waals surface area contributed by atoms with Crippen LogP contribution in [0, 0.1) is 0 Å². The zero-order valence-corrected chi connectivity index (χ0v) is 12.2. The van der Waals surface area contributed by atoms with Crippen molar-refractivity contribution in [3.8, 4) is 0 Å². The summed E-state index contributed by atoms with van der Waals surface area (Å²) in [4.78, 5) is 23.6. The molecule has 0 aliphatic carbocycles. The van der Waals surface area contributed by atoms with Crippen LogP contribution >= 0.6 is 15.9 Å². The molecule has 0 fully saturated rings. The van der Waals surface area contributed by atoms with E-state index < -0.39 is 0 Å². The quantitative estimate of drug-likeness (QED) is 0.685. The minimum atomic E-state index is -0.313. The number of ketones is 1. The Hall–Kier alpha value is -2.20. The molecule has 0 saturated heterocycles. The SMILES string of the molecule is C=C(Br)C(=O)Nc1ccc(C(=O)c2ccccc2)cc1. The molecule has 0 radical (unpaired) electrons. The Labute approximate surface area is 125 Å². The van der Waals surface area contributed by atoms with Gasteiger partial charge in [-0.3, -0.25) is 9.59 Å². The van der Waals surface area contributed by atoms with Crippen LogP contribution in [0.1, 0.15) is 15.9 Å². The van der Waals surface area contributed by atoms with Crippen molar-refractivity contribution in [2.24, 2.45) is 0 Å². The van der Waals surface area contributed by atoms with Gasteiger partial charge in [0.15, 0.2) is 5.78 Å². The number of halogens is 1. The van der Waals surface area contributed by atoms with Gasteiger partial charge in [0.05, 0.1) is 4.48 Å². The van der Waals surface area contributed by atoms with Gasteiger partial charge in [-0.15, -0.1) is 0 Å².